The first kappa shape index (κ1) is 16.7. The Morgan fingerprint density at radius 3 is 2.43 bits per heavy atom. The van der Waals surface area contributed by atoms with Gasteiger partial charge in [-0.15, -0.1) is 0 Å². The second-order valence-corrected chi connectivity index (χ2v) is 4.92. The number of esters is 2. The summed E-state index contributed by atoms with van der Waals surface area (Å²) in [5, 5.41) is 0.599. The summed E-state index contributed by atoms with van der Waals surface area (Å²) in [6.07, 6.45) is 0.614. The van der Waals surface area contributed by atoms with Gasteiger partial charge in [-0.1, -0.05) is 18.2 Å². The van der Waals surface area contributed by atoms with Gasteiger partial charge in [0.25, 0.3) is 0 Å². The third kappa shape index (κ3) is 2.97. The largest absolute Gasteiger partial charge is 0.464 e. The van der Waals surface area contributed by atoms with Crippen LogP contribution in [0.15, 0.2) is 24.3 Å². The zero-order valence-corrected chi connectivity index (χ0v) is 13.4. The molecule has 0 aliphatic rings. The van der Waals surface area contributed by atoms with Crippen molar-refractivity contribution in [1.82, 2.24) is 4.57 Å². The lowest BCUT2D eigenvalue weighted by Crippen LogP contribution is -2.23. The highest BCUT2D eigenvalue weighted by Crippen LogP contribution is 2.29. The number of aldehydes is 1. The van der Waals surface area contributed by atoms with Crippen molar-refractivity contribution in [3.8, 4) is 0 Å². The molecule has 6 nitrogen and oxygen atoms in total. The highest BCUT2D eigenvalue weighted by molar-refractivity contribution is 6.09. The molecule has 0 bridgehead atoms. The van der Waals surface area contributed by atoms with Crippen LogP contribution in [0.4, 0.5) is 0 Å². The van der Waals surface area contributed by atoms with Gasteiger partial charge in [0.05, 0.1) is 24.3 Å². The average Bonchev–Trinajstić information content (AvgIpc) is 2.88. The normalized spacial score (nSPS) is 12.0. The smallest absolute Gasteiger partial charge is 0.355 e. The molecule has 0 fully saturated rings. The Morgan fingerprint density at radius 2 is 1.83 bits per heavy atom. The molecule has 0 radical (unpaired) electrons. The molecule has 0 amide bonds. The van der Waals surface area contributed by atoms with E-state index in [0.717, 1.165) is 0 Å². The van der Waals surface area contributed by atoms with Gasteiger partial charge in [-0.05, 0) is 26.8 Å². The summed E-state index contributed by atoms with van der Waals surface area (Å²) in [4.78, 5) is 36.0. The molecule has 0 aliphatic heterocycles. The van der Waals surface area contributed by atoms with Crippen LogP contribution in [-0.4, -0.2) is 36.0 Å². The summed E-state index contributed by atoms with van der Waals surface area (Å²) in [5.41, 5.74) is 0.900. The van der Waals surface area contributed by atoms with Crippen molar-refractivity contribution in [3.05, 3.63) is 35.5 Å². The maximum atomic E-state index is 12.3. The molecule has 6 heteroatoms. The van der Waals surface area contributed by atoms with E-state index in [2.05, 4.69) is 0 Å². The van der Waals surface area contributed by atoms with E-state index in [1.165, 1.54) is 4.57 Å². The van der Waals surface area contributed by atoms with Crippen LogP contribution in [0.3, 0.4) is 0 Å². The number of benzene rings is 1. The third-order valence-corrected chi connectivity index (χ3v) is 3.55. The Kier molecular flexibility index (Phi) is 5.16. The highest BCUT2D eigenvalue weighted by Gasteiger charge is 2.29. The molecular formula is C17H19NO5. The van der Waals surface area contributed by atoms with Gasteiger partial charge in [-0.3, -0.25) is 4.79 Å². The molecule has 0 N–H and O–H groups in total. The fraction of sp³-hybridized carbons (Fsp3) is 0.353. The topological polar surface area (TPSA) is 74.6 Å². The first-order valence-corrected chi connectivity index (χ1v) is 7.48. The fourth-order valence-corrected chi connectivity index (χ4v) is 2.59. The molecule has 1 aromatic heterocycles. The van der Waals surface area contributed by atoms with Crippen LogP contribution in [0.2, 0.25) is 0 Å². The molecule has 0 saturated carbocycles. The maximum absolute atomic E-state index is 12.3. The van der Waals surface area contributed by atoms with Gasteiger partial charge in [-0.2, -0.15) is 0 Å². The van der Waals surface area contributed by atoms with Crippen molar-refractivity contribution in [2.45, 2.75) is 26.8 Å². The van der Waals surface area contributed by atoms with Crippen molar-refractivity contribution in [3.63, 3.8) is 0 Å². The Hall–Kier alpha value is -2.63. The fourth-order valence-electron chi connectivity index (χ4n) is 2.59. The molecular weight excluding hydrogens is 298 g/mol. The number of aromatic nitrogens is 1. The lowest BCUT2D eigenvalue weighted by Gasteiger charge is -2.17. The van der Waals surface area contributed by atoms with Gasteiger partial charge in [0.15, 0.2) is 6.29 Å². The first-order chi connectivity index (χ1) is 11.1. The molecule has 1 atom stereocenters. The lowest BCUT2D eigenvalue weighted by atomic mass is 10.1. The summed E-state index contributed by atoms with van der Waals surface area (Å²) in [6.45, 7) is 5.42. The molecule has 0 unspecified atom stereocenters. The van der Waals surface area contributed by atoms with Crippen LogP contribution in [0.1, 0.15) is 47.7 Å². The van der Waals surface area contributed by atoms with E-state index in [0.29, 0.717) is 17.2 Å². The Morgan fingerprint density at radius 1 is 1.17 bits per heavy atom. The number of hydrogen-bond acceptors (Lipinski definition) is 5. The molecule has 0 spiro atoms. The highest BCUT2D eigenvalue weighted by atomic mass is 16.5. The Balaban J connectivity index is 2.74. The molecule has 23 heavy (non-hydrogen) atoms. The predicted molar refractivity (Wildman–Crippen MR) is 84.6 cm³/mol. The average molecular weight is 317 g/mol. The number of hydrogen-bond donors (Lipinski definition) is 0. The third-order valence-electron chi connectivity index (χ3n) is 3.55. The summed E-state index contributed by atoms with van der Waals surface area (Å²) >= 11 is 0. The molecule has 0 saturated heterocycles. The number of fused-ring (bicyclic) bond motifs is 1. The van der Waals surface area contributed by atoms with Crippen LogP contribution in [0.25, 0.3) is 10.9 Å². The minimum Gasteiger partial charge on any atom is -0.464 e. The van der Waals surface area contributed by atoms with Gasteiger partial charge in [0, 0.05) is 5.39 Å². The predicted octanol–water partition coefficient (Wildman–Crippen LogP) is 2.75. The van der Waals surface area contributed by atoms with Crippen LogP contribution in [0, 0.1) is 0 Å². The van der Waals surface area contributed by atoms with Gasteiger partial charge < -0.3 is 14.0 Å². The van der Waals surface area contributed by atoms with Gasteiger partial charge in [-0.25, -0.2) is 9.59 Å². The van der Waals surface area contributed by atoms with Crippen molar-refractivity contribution < 1.29 is 23.9 Å². The van der Waals surface area contributed by atoms with E-state index in [1.54, 1.807) is 45.0 Å². The SMILES string of the molecule is CCOC(=O)c1c(C=O)c2ccccc2n1[C@@H](C)C(=O)OCC. The number of nitrogens with zero attached hydrogens (tertiary/aromatic N) is 1. The van der Waals surface area contributed by atoms with Crippen LogP contribution < -0.4 is 0 Å². The van der Waals surface area contributed by atoms with E-state index >= 15 is 0 Å². The van der Waals surface area contributed by atoms with E-state index in [4.69, 9.17) is 9.47 Å². The zero-order valence-electron chi connectivity index (χ0n) is 13.4. The van der Waals surface area contributed by atoms with E-state index in [1.807, 2.05) is 0 Å². The van der Waals surface area contributed by atoms with Crippen molar-refractivity contribution in [2.75, 3.05) is 13.2 Å². The van der Waals surface area contributed by atoms with Crippen LogP contribution in [-0.2, 0) is 14.3 Å². The molecule has 2 aromatic rings. The minimum atomic E-state index is -0.757. The second-order valence-electron chi connectivity index (χ2n) is 4.92. The number of rotatable bonds is 6. The van der Waals surface area contributed by atoms with E-state index < -0.39 is 18.0 Å². The van der Waals surface area contributed by atoms with Gasteiger partial charge >= 0.3 is 11.9 Å². The monoisotopic (exact) mass is 317 g/mol. The molecule has 2 rings (SSSR count). The van der Waals surface area contributed by atoms with Crippen molar-refractivity contribution in [1.29, 1.82) is 0 Å². The molecule has 122 valence electrons. The molecule has 0 aliphatic carbocycles. The summed E-state index contributed by atoms with van der Waals surface area (Å²) in [7, 11) is 0. The Labute approximate surface area is 134 Å². The van der Waals surface area contributed by atoms with Crippen LogP contribution >= 0.6 is 0 Å². The molecule has 1 heterocycles. The lowest BCUT2D eigenvalue weighted by molar-refractivity contribution is -0.146. The zero-order chi connectivity index (χ0) is 17.0. The standard InChI is InChI=1S/C17H19NO5/c1-4-22-16(20)11(3)18-14-9-7-6-8-12(14)13(10-19)15(18)17(21)23-5-2/h6-11H,4-5H2,1-3H3/t11-/m0/s1. The van der Waals surface area contributed by atoms with Gasteiger partial charge in [0.1, 0.15) is 11.7 Å². The van der Waals surface area contributed by atoms with Crippen molar-refractivity contribution >= 4 is 29.1 Å². The quantitative estimate of drug-likeness (QED) is 0.605. The second kappa shape index (κ2) is 7.09. The maximum Gasteiger partial charge on any atom is 0.355 e. The number of carbonyl (C=O) groups excluding carboxylic acids is 3. The summed E-state index contributed by atoms with van der Waals surface area (Å²) < 4.78 is 11.6. The first-order valence-electron chi connectivity index (χ1n) is 7.48. The van der Waals surface area contributed by atoms with Crippen molar-refractivity contribution in [2.24, 2.45) is 0 Å². The summed E-state index contributed by atoms with van der Waals surface area (Å²) in [6, 6.07) is 6.27. The van der Waals surface area contributed by atoms with E-state index in [-0.39, 0.29) is 24.5 Å². The van der Waals surface area contributed by atoms with Gasteiger partial charge in [0.2, 0.25) is 0 Å². The molecule has 1 aromatic carbocycles. The number of ether oxygens (including phenoxy) is 2. The van der Waals surface area contributed by atoms with Crippen LogP contribution in [0.5, 0.6) is 0 Å². The Bertz CT molecular complexity index is 747. The number of para-hydroxylation sites is 1. The summed E-state index contributed by atoms with van der Waals surface area (Å²) in [5.74, 6) is -1.11. The number of carbonyl (C=O) groups is 3. The minimum absolute atomic E-state index is 0.0728. The van der Waals surface area contributed by atoms with E-state index in [9.17, 15) is 14.4 Å².